The number of aromatic nitrogens is 2. The first-order chi connectivity index (χ1) is 7.25. The minimum Gasteiger partial charge on any atom is -0.387 e. The number of hydrogen-bond acceptors (Lipinski definition) is 2. The molecule has 3 nitrogen and oxygen atoms in total. The molecule has 0 aliphatic heterocycles. The maximum absolute atomic E-state index is 9.95. The van der Waals surface area contributed by atoms with Crippen LogP contribution in [0.15, 0.2) is 47.5 Å². The lowest BCUT2D eigenvalue weighted by Crippen LogP contribution is -2.06. The van der Waals surface area contributed by atoms with Gasteiger partial charge in [-0.2, -0.15) is 0 Å². The second-order valence-electron chi connectivity index (χ2n) is 3.33. The minimum atomic E-state index is -0.503. The van der Waals surface area contributed by atoms with Crippen LogP contribution < -0.4 is 0 Å². The Balaban J connectivity index is 2.11. The molecule has 1 atom stereocenters. The van der Waals surface area contributed by atoms with E-state index < -0.39 is 6.10 Å². The standard InChI is InChI=1S/C11H11BrN2O/c12-10-3-1-2-9(6-10)11(15)7-14-5-4-13-8-14/h1-6,8,11,15H,7H2/t11-/m1/s1. The van der Waals surface area contributed by atoms with Crippen LogP contribution in [0.1, 0.15) is 11.7 Å². The van der Waals surface area contributed by atoms with Crippen LogP contribution in [0.2, 0.25) is 0 Å². The number of benzene rings is 1. The predicted molar refractivity (Wildman–Crippen MR) is 61.3 cm³/mol. The number of aliphatic hydroxyl groups excluding tert-OH is 1. The van der Waals surface area contributed by atoms with Gasteiger partial charge in [0.2, 0.25) is 0 Å². The van der Waals surface area contributed by atoms with Crippen molar-refractivity contribution in [1.29, 1.82) is 0 Å². The molecule has 0 fully saturated rings. The van der Waals surface area contributed by atoms with E-state index in [0.717, 1.165) is 10.0 Å². The van der Waals surface area contributed by atoms with Crippen LogP contribution in [0.5, 0.6) is 0 Å². The fourth-order valence-corrected chi connectivity index (χ4v) is 1.83. The molecule has 1 aromatic carbocycles. The number of halogens is 1. The summed E-state index contributed by atoms with van der Waals surface area (Å²) < 4.78 is 2.83. The zero-order chi connectivity index (χ0) is 10.7. The minimum absolute atomic E-state index is 0.503. The zero-order valence-electron chi connectivity index (χ0n) is 8.05. The van der Waals surface area contributed by atoms with Crippen LogP contribution in [-0.2, 0) is 6.54 Å². The number of rotatable bonds is 3. The highest BCUT2D eigenvalue weighted by atomic mass is 79.9. The van der Waals surface area contributed by atoms with Gasteiger partial charge in [0.1, 0.15) is 0 Å². The van der Waals surface area contributed by atoms with Crippen LogP contribution in [0.25, 0.3) is 0 Å². The lowest BCUT2D eigenvalue weighted by molar-refractivity contribution is 0.156. The highest BCUT2D eigenvalue weighted by Gasteiger charge is 2.07. The van der Waals surface area contributed by atoms with Gasteiger partial charge in [0.25, 0.3) is 0 Å². The molecule has 15 heavy (non-hydrogen) atoms. The summed E-state index contributed by atoms with van der Waals surface area (Å²) in [5.74, 6) is 0. The highest BCUT2D eigenvalue weighted by Crippen LogP contribution is 2.19. The summed E-state index contributed by atoms with van der Waals surface area (Å²) in [6.07, 6.45) is 4.73. The summed E-state index contributed by atoms with van der Waals surface area (Å²) in [6, 6.07) is 7.68. The van der Waals surface area contributed by atoms with Gasteiger partial charge in [0.15, 0.2) is 0 Å². The molecule has 4 heteroatoms. The Morgan fingerprint density at radius 2 is 2.33 bits per heavy atom. The third kappa shape index (κ3) is 2.67. The molecule has 0 saturated carbocycles. The van der Waals surface area contributed by atoms with Crippen molar-refractivity contribution in [2.45, 2.75) is 12.6 Å². The van der Waals surface area contributed by atoms with Gasteiger partial charge < -0.3 is 9.67 Å². The summed E-state index contributed by atoms with van der Waals surface area (Å²) in [4.78, 5) is 3.93. The fraction of sp³-hybridized carbons (Fsp3) is 0.182. The molecule has 0 aliphatic rings. The molecular weight excluding hydrogens is 256 g/mol. The largest absolute Gasteiger partial charge is 0.387 e. The quantitative estimate of drug-likeness (QED) is 0.927. The van der Waals surface area contributed by atoms with Crippen molar-refractivity contribution in [3.63, 3.8) is 0 Å². The molecule has 0 spiro atoms. The van der Waals surface area contributed by atoms with Gasteiger partial charge in [-0.25, -0.2) is 4.98 Å². The first-order valence-electron chi connectivity index (χ1n) is 4.65. The van der Waals surface area contributed by atoms with E-state index in [1.165, 1.54) is 0 Å². The third-order valence-electron chi connectivity index (χ3n) is 2.18. The molecule has 0 amide bonds. The van der Waals surface area contributed by atoms with Gasteiger partial charge in [-0.15, -0.1) is 0 Å². The second kappa shape index (κ2) is 4.59. The lowest BCUT2D eigenvalue weighted by Gasteiger charge is -2.11. The Kier molecular flexibility index (Phi) is 3.18. The van der Waals surface area contributed by atoms with Gasteiger partial charge in [-0.05, 0) is 17.7 Å². The van der Waals surface area contributed by atoms with Crippen LogP contribution in [0, 0.1) is 0 Å². The summed E-state index contributed by atoms with van der Waals surface area (Å²) in [5.41, 5.74) is 0.901. The molecule has 1 aromatic heterocycles. The third-order valence-corrected chi connectivity index (χ3v) is 2.67. The van der Waals surface area contributed by atoms with Crippen molar-refractivity contribution < 1.29 is 5.11 Å². The van der Waals surface area contributed by atoms with Crippen molar-refractivity contribution in [2.75, 3.05) is 0 Å². The second-order valence-corrected chi connectivity index (χ2v) is 4.25. The van der Waals surface area contributed by atoms with E-state index >= 15 is 0 Å². The maximum Gasteiger partial charge on any atom is 0.0969 e. The SMILES string of the molecule is O[C@H](Cn1ccnc1)c1cccc(Br)c1. The van der Waals surface area contributed by atoms with E-state index in [0.29, 0.717) is 6.54 Å². The lowest BCUT2D eigenvalue weighted by atomic mass is 10.1. The maximum atomic E-state index is 9.95. The average molecular weight is 267 g/mol. The van der Waals surface area contributed by atoms with Gasteiger partial charge in [-0.3, -0.25) is 0 Å². The Bertz CT molecular complexity index is 428. The van der Waals surface area contributed by atoms with Crippen LogP contribution >= 0.6 is 15.9 Å². The Labute approximate surface area is 96.5 Å². The molecular formula is C11H11BrN2O. The van der Waals surface area contributed by atoms with E-state index in [1.54, 1.807) is 12.5 Å². The summed E-state index contributed by atoms with van der Waals surface area (Å²) in [7, 11) is 0. The van der Waals surface area contributed by atoms with Crippen LogP contribution in [0.3, 0.4) is 0 Å². The normalized spacial score (nSPS) is 12.7. The molecule has 0 bridgehead atoms. The van der Waals surface area contributed by atoms with Crippen molar-refractivity contribution >= 4 is 15.9 Å². The summed E-state index contributed by atoms with van der Waals surface area (Å²) >= 11 is 3.38. The molecule has 2 aromatic rings. The summed E-state index contributed by atoms with van der Waals surface area (Å²) in [6.45, 7) is 0.524. The number of aliphatic hydroxyl groups is 1. The number of imidazole rings is 1. The van der Waals surface area contributed by atoms with E-state index in [-0.39, 0.29) is 0 Å². The molecule has 2 rings (SSSR count). The topological polar surface area (TPSA) is 38.0 Å². The van der Waals surface area contributed by atoms with Gasteiger partial charge in [-0.1, -0.05) is 28.1 Å². The van der Waals surface area contributed by atoms with E-state index in [2.05, 4.69) is 20.9 Å². The molecule has 1 heterocycles. The fourth-order valence-electron chi connectivity index (χ4n) is 1.41. The smallest absolute Gasteiger partial charge is 0.0969 e. The first kappa shape index (κ1) is 10.4. The van der Waals surface area contributed by atoms with Crippen LogP contribution in [0.4, 0.5) is 0 Å². The van der Waals surface area contributed by atoms with Gasteiger partial charge in [0.05, 0.1) is 19.0 Å². The summed E-state index contributed by atoms with van der Waals surface area (Å²) in [5, 5.41) is 9.95. The molecule has 0 unspecified atom stereocenters. The van der Waals surface area contributed by atoms with Crippen molar-refractivity contribution in [2.24, 2.45) is 0 Å². The Hall–Kier alpha value is -1.13. The van der Waals surface area contributed by atoms with E-state index in [4.69, 9.17) is 0 Å². The Morgan fingerprint density at radius 1 is 1.47 bits per heavy atom. The van der Waals surface area contributed by atoms with Crippen molar-refractivity contribution in [3.8, 4) is 0 Å². The van der Waals surface area contributed by atoms with Crippen molar-refractivity contribution in [1.82, 2.24) is 9.55 Å². The molecule has 0 saturated heterocycles. The number of nitrogens with zero attached hydrogens (tertiary/aromatic N) is 2. The average Bonchev–Trinajstić information content (AvgIpc) is 2.70. The first-order valence-corrected chi connectivity index (χ1v) is 5.44. The van der Waals surface area contributed by atoms with Crippen molar-refractivity contribution in [3.05, 3.63) is 53.0 Å². The molecule has 0 aliphatic carbocycles. The molecule has 78 valence electrons. The van der Waals surface area contributed by atoms with E-state index in [9.17, 15) is 5.11 Å². The molecule has 1 N–H and O–H groups in total. The van der Waals surface area contributed by atoms with Gasteiger partial charge in [0, 0.05) is 16.9 Å². The monoisotopic (exact) mass is 266 g/mol. The molecule has 0 radical (unpaired) electrons. The predicted octanol–water partition coefficient (Wildman–Crippen LogP) is 2.38. The highest BCUT2D eigenvalue weighted by molar-refractivity contribution is 9.10. The Morgan fingerprint density at radius 3 is 3.00 bits per heavy atom. The van der Waals surface area contributed by atoms with Gasteiger partial charge >= 0.3 is 0 Å². The number of hydrogen-bond donors (Lipinski definition) is 1. The van der Waals surface area contributed by atoms with Crippen LogP contribution in [-0.4, -0.2) is 14.7 Å². The van der Waals surface area contributed by atoms with E-state index in [1.807, 2.05) is 35.0 Å². The zero-order valence-corrected chi connectivity index (χ0v) is 9.63.